The van der Waals surface area contributed by atoms with Crippen LogP contribution in [0.5, 0.6) is 0 Å². The van der Waals surface area contributed by atoms with Crippen molar-refractivity contribution in [1.29, 1.82) is 0 Å². The van der Waals surface area contributed by atoms with Crippen molar-refractivity contribution in [3.05, 3.63) is 23.8 Å². The first-order valence-corrected chi connectivity index (χ1v) is 5.20. The fraction of sp³-hybridized carbons (Fsp3) is 0.500. The molecule has 2 atom stereocenters. The van der Waals surface area contributed by atoms with Crippen LogP contribution in [0.3, 0.4) is 0 Å². The Labute approximate surface area is 100 Å². The highest BCUT2D eigenvalue weighted by Gasteiger charge is 2.14. The number of aliphatic hydroxyl groups is 2. The van der Waals surface area contributed by atoms with Crippen molar-refractivity contribution in [3.8, 4) is 0 Å². The van der Waals surface area contributed by atoms with E-state index < -0.39 is 24.1 Å². The van der Waals surface area contributed by atoms with Crippen LogP contribution >= 0.6 is 0 Å². The normalized spacial score (nSPS) is 15.0. The van der Waals surface area contributed by atoms with Gasteiger partial charge in [-0.3, -0.25) is 0 Å². The molecule has 0 saturated carbocycles. The molecule has 0 aliphatic carbocycles. The zero-order chi connectivity index (χ0) is 13.6. The van der Waals surface area contributed by atoms with Gasteiger partial charge in [0.15, 0.2) is 0 Å². The van der Waals surface area contributed by atoms with E-state index in [1.54, 1.807) is 0 Å². The minimum Gasteiger partial charge on any atom is -0.393 e. The number of hydrogen-bond acceptors (Lipinski definition) is 5. The molecular weight excluding hydrogens is 224 g/mol. The van der Waals surface area contributed by atoms with E-state index in [9.17, 15) is 14.7 Å². The summed E-state index contributed by atoms with van der Waals surface area (Å²) in [6.07, 6.45) is -0.288. The van der Waals surface area contributed by atoms with Gasteiger partial charge < -0.3 is 14.9 Å². The van der Waals surface area contributed by atoms with Gasteiger partial charge in [0.2, 0.25) is 0 Å². The molecule has 0 aliphatic heterocycles. The lowest BCUT2D eigenvalue weighted by molar-refractivity contribution is -0.154. The monoisotopic (exact) mass is 242 g/mol. The summed E-state index contributed by atoms with van der Waals surface area (Å²) in [5.74, 6) is -1.63. The Kier molecular flexibility index (Phi) is 6.38. The highest BCUT2D eigenvalue weighted by atomic mass is 16.6. The number of ether oxygens (including phenoxy) is 1. The van der Waals surface area contributed by atoms with Crippen molar-refractivity contribution in [2.45, 2.75) is 39.4 Å². The van der Waals surface area contributed by atoms with Crippen molar-refractivity contribution in [2.75, 3.05) is 0 Å². The van der Waals surface area contributed by atoms with Crippen LogP contribution in [0.4, 0.5) is 0 Å². The summed E-state index contributed by atoms with van der Waals surface area (Å²) in [5.41, 5.74) is 0.225. The maximum Gasteiger partial charge on any atom is 0.341 e. The van der Waals surface area contributed by atoms with Crippen LogP contribution in [-0.4, -0.2) is 34.4 Å². The van der Waals surface area contributed by atoms with Crippen molar-refractivity contribution in [1.82, 2.24) is 0 Å². The standard InChI is InChI=1S/C12H18O5/c1-7(2)11(15)17-12(16)8(3)5-10(14)6-9(4)13/h5,9-10,13-14H,1,6H2,2-4H3. The molecule has 0 rings (SSSR count). The molecule has 0 aromatic heterocycles. The van der Waals surface area contributed by atoms with Gasteiger partial charge in [-0.1, -0.05) is 6.58 Å². The fourth-order valence-corrected chi connectivity index (χ4v) is 1.03. The lowest BCUT2D eigenvalue weighted by Gasteiger charge is -2.09. The van der Waals surface area contributed by atoms with Gasteiger partial charge in [-0.2, -0.15) is 0 Å². The third-order valence-corrected chi connectivity index (χ3v) is 1.88. The molecule has 0 aromatic rings. The molecule has 2 unspecified atom stereocenters. The first-order valence-electron chi connectivity index (χ1n) is 5.20. The van der Waals surface area contributed by atoms with Gasteiger partial charge in [0.1, 0.15) is 0 Å². The molecule has 0 bridgehead atoms. The summed E-state index contributed by atoms with van der Waals surface area (Å²) < 4.78 is 4.46. The van der Waals surface area contributed by atoms with Gasteiger partial charge in [-0.05, 0) is 26.8 Å². The highest BCUT2D eigenvalue weighted by Crippen LogP contribution is 2.06. The predicted molar refractivity (Wildman–Crippen MR) is 62.0 cm³/mol. The first-order chi connectivity index (χ1) is 7.73. The summed E-state index contributed by atoms with van der Waals surface area (Å²) >= 11 is 0. The van der Waals surface area contributed by atoms with Crippen LogP contribution in [0, 0.1) is 0 Å². The Morgan fingerprint density at radius 1 is 1.29 bits per heavy atom. The van der Waals surface area contributed by atoms with Gasteiger partial charge in [0, 0.05) is 17.6 Å². The molecule has 0 saturated heterocycles. The maximum absolute atomic E-state index is 11.4. The Balaban J connectivity index is 4.44. The highest BCUT2D eigenvalue weighted by molar-refractivity contribution is 6.01. The van der Waals surface area contributed by atoms with E-state index in [0.717, 1.165) is 0 Å². The quantitative estimate of drug-likeness (QED) is 0.421. The molecule has 0 aliphatic rings. The molecule has 2 N–H and O–H groups in total. The summed E-state index contributed by atoms with van der Waals surface area (Å²) in [7, 11) is 0. The van der Waals surface area contributed by atoms with E-state index in [0.29, 0.717) is 0 Å². The number of rotatable bonds is 5. The van der Waals surface area contributed by atoms with Crippen LogP contribution < -0.4 is 0 Å². The number of esters is 2. The average molecular weight is 242 g/mol. The van der Waals surface area contributed by atoms with E-state index in [2.05, 4.69) is 11.3 Å². The lowest BCUT2D eigenvalue weighted by Crippen LogP contribution is -2.17. The van der Waals surface area contributed by atoms with Gasteiger partial charge in [-0.15, -0.1) is 0 Å². The van der Waals surface area contributed by atoms with Crippen molar-refractivity contribution < 1.29 is 24.5 Å². The topological polar surface area (TPSA) is 83.8 Å². The molecule has 17 heavy (non-hydrogen) atoms. The minimum atomic E-state index is -0.956. The predicted octanol–water partition coefficient (Wildman–Crippen LogP) is 0.710. The molecular formula is C12H18O5. The Morgan fingerprint density at radius 3 is 2.24 bits per heavy atom. The van der Waals surface area contributed by atoms with Gasteiger partial charge in [0.25, 0.3) is 0 Å². The lowest BCUT2D eigenvalue weighted by atomic mass is 10.1. The molecule has 5 nitrogen and oxygen atoms in total. The molecule has 0 amide bonds. The van der Waals surface area contributed by atoms with Crippen LogP contribution in [0.15, 0.2) is 23.8 Å². The van der Waals surface area contributed by atoms with Crippen LogP contribution in [0.1, 0.15) is 27.2 Å². The van der Waals surface area contributed by atoms with Crippen LogP contribution in [0.2, 0.25) is 0 Å². The zero-order valence-electron chi connectivity index (χ0n) is 10.3. The second-order valence-electron chi connectivity index (χ2n) is 3.96. The number of carbonyl (C=O) groups is 2. The Bertz CT molecular complexity index is 341. The number of carbonyl (C=O) groups excluding carboxylic acids is 2. The van der Waals surface area contributed by atoms with E-state index >= 15 is 0 Å². The average Bonchev–Trinajstić information content (AvgIpc) is 2.15. The SMILES string of the molecule is C=C(C)C(=O)OC(=O)C(C)=CC(O)CC(C)O. The van der Waals surface area contributed by atoms with Crippen LogP contribution in [-0.2, 0) is 14.3 Å². The fourth-order valence-electron chi connectivity index (χ4n) is 1.03. The molecule has 0 heterocycles. The molecule has 96 valence electrons. The Hall–Kier alpha value is -1.46. The van der Waals surface area contributed by atoms with Crippen molar-refractivity contribution >= 4 is 11.9 Å². The molecule has 0 aromatic carbocycles. The van der Waals surface area contributed by atoms with E-state index in [-0.39, 0.29) is 17.6 Å². The minimum absolute atomic E-state index is 0.104. The largest absolute Gasteiger partial charge is 0.393 e. The summed E-state index contributed by atoms with van der Waals surface area (Å²) in [4.78, 5) is 22.4. The number of aliphatic hydroxyl groups excluding tert-OH is 2. The third kappa shape index (κ3) is 6.65. The van der Waals surface area contributed by atoms with Gasteiger partial charge in [0.05, 0.1) is 12.2 Å². The van der Waals surface area contributed by atoms with Crippen molar-refractivity contribution in [3.63, 3.8) is 0 Å². The van der Waals surface area contributed by atoms with Gasteiger partial charge >= 0.3 is 11.9 Å². The van der Waals surface area contributed by atoms with Gasteiger partial charge in [-0.25, -0.2) is 9.59 Å². The van der Waals surface area contributed by atoms with Crippen LogP contribution in [0.25, 0.3) is 0 Å². The molecule has 0 spiro atoms. The summed E-state index contributed by atoms with van der Waals surface area (Å²) in [6.45, 7) is 7.71. The van der Waals surface area contributed by atoms with E-state index in [1.165, 1.54) is 26.8 Å². The molecule has 0 radical (unpaired) electrons. The summed E-state index contributed by atoms with van der Waals surface area (Å²) in [6, 6.07) is 0. The van der Waals surface area contributed by atoms with E-state index in [1.807, 2.05) is 0 Å². The van der Waals surface area contributed by atoms with Crippen molar-refractivity contribution in [2.24, 2.45) is 0 Å². The first kappa shape index (κ1) is 15.5. The smallest absolute Gasteiger partial charge is 0.341 e. The summed E-state index contributed by atoms with van der Waals surface area (Å²) in [5, 5.41) is 18.5. The molecule has 5 heteroatoms. The molecule has 0 fully saturated rings. The van der Waals surface area contributed by atoms with E-state index in [4.69, 9.17) is 5.11 Å². The maximum atomic E-state index is 11.4. The third-order valence-electron chi connectivity index (χ3n) is 1.88. The Morgan fingerprint density at radius 2 is 1.82 bits per heavy atom. The second kappa shape index (κ2) is 6.98. The number of hydrogen-bond donors (Lipinski definition) is 2. The zero-order valence-corrected chi connectivity index (χ0v) is 10.3. The second-order valence-corrected chi connectivity index (χ2v) is 3.96.